The number of rotatable bonds is 35. The van der Waals surface area contributed by atoms with Crippen LogP contribution in [-0.2, 0) is 95.0 Å². The monoisotopic (exact) mass is 1970 g/mol. The molecule has 8 aliphatic heterocycles. The number of ether oxygens (including phenoxy) is 16. The number of carbonyl (C=O) groups is 4. The van der Waals surface area contributed by atoms with Crippen LogP contribution in [-0.4, -0.2) is 421 Å². The van der Waals surface area contributed by atoms with Gasteiger partial charge in [0.05, 0.1) is 99.7 Å². The zero-order valence-corrected chi connectivity index (χ0v) is 80.4. The molecule has 43 heteroatoms. The topological polar surface area (TPSA) is 673 Å². The summed E-state index contributed by atoms with van der Waals surface area (Å²) in [7, 11) is 0. The van der Waals surface area contributed by atoms with E-state index in [1.54, 1.807) is 13.8 Å². The number of allylic oxidation sites excluding steroid dienone is 2. The van der Waals surface area contributed by atoms with E-state index in [0.717, 1.165) is 11.9 Å². The van der Waals surface area contributed by atoms with E-state index in [1.165, 1.54) is 13.8 Å². The number of ketones is 1. The number of hydrogen-bond donors (Lipinski definition) is 23. The summed E-state index contributed by atoms with van der Waals surface area (Å²) in [6.45, 7) is 20.8. The summed E-state index contributed by atoms with van der Waals surface area (Å²) in [5.74, 6) is -5.02. The van der Waals surface area contributed by atoms with Crippen molar-refractivity contribution >= 4 is 23.9 Å². The maximum Gasteiger partial charge on any atom is 0.317 e. The number of hydrogen-bond acceptors (Lipinski definition) is 42. The highest BCUT2D eigenvalue weighted by Gasteiger charge is 2.74. The van der Waals surface area contributed by atoms with E-state index < -0.39 is 353 Å². The van der Waals surface area contributed by atoms with E-state index in [4.69, 9.17) is 75.8 Å². The molecular weight excluding hydrogens is 1810 g/mol. The van der Waals surface area contributed by atoms with Crippen LogP contribution in [0.15, 0.2) is 11.6 Å². The van der Waals surface area contributed by atoms with Gasteiger partial charge in [0.2, 0.25) is 12.2 Å². The first-order valence-corrected chi connectivity index (χ1v) is 49.2. The summed E-state index contributed by atoms with van der Waals surface area (Å²) in [5.41, 5.74) is -5.35. The molecule has 4 saturated carbocycles. The van der Waals surface area contributed by atoms with Crippen molar-refractivity contribution in [1.29, 1.82) is 0 Å². The zero-order valence-electron chi connectivity index (χ0n) is 80.4. The molecule has 13 rings (SSSR count). The summed E-state index contributed by atoms with van der Waals surface area (Å²) >= 11 is 0. The fraction of sp³-hybridized carbons (Fsp3) is 0.936. The zero-order chi connectivity index (χ0) is 100. The summed E-state index contributed by atoms with van der Waals surface area (Å²) in [6, 6.07) is -1.80. The van der Waals surface area contributed by atoms with Gasteiger partial charge in [-0.25, -0.2) is 0 Å². The van der Waals surface area contributed by atoms with Crippen LogP contribution < -0.4 is 5.32 Å². The van der Waals surface area contributed by atoms with Crippen LogP contribution in [0.1, 0.15) is 199 Å². The second kappa shape index (κ2) is 44.7. The van der Waals surface area contributed by atoms with Gasteiger partial charge in [0.15, 0.2) is 50.1 Å². The van der Waals surface area contributed by atoms with E-state index in [9.17, 15) is 122 Å². The van der Waals surface area contributed by atoms with E-state index in [1.807, 2.05) is 41.5 Å². The normalized spacial score (nSPS) is 49.2. The van der Waals surface area contributed by atoms with Crippen molar-refractivity contribution in [3.8, 4) is 0 Å². The first-order chi connectivity index (χ1) is 64.4. The molecule has 137 heavy (non-hydrogen) atoms. The van der Waals surface area contributed by atoms with Crippen LogP contribution in [0.3, 0.4) is 0 Å². The van der Waals surface area contributed by atoms with Crippen LogP contribution in [0.25, 0.3) is 0 Å². The molecule has 5 aliphatic carbocycles. The molecule has 0 aromatic rings. The molecule has 788 valence electrons. The van der Waals surface area contributed by atoms with E-state index in [-0.39, 0.29) is 74.9 Å². The van der Waals surface area contributed by atoms with Gasteiger partial charge in [-0.1, -0.05) is 101 Å². The van der Waals surface area contributed by atoms with Gasteiger partial charge in [-0.15, -0.1) is 0 Å². The molecule has 0 bridgehead atoms. The minimum absolute atomic E-state index is 0.0167. The predicted octanol–water partition coefficient (Wildman–Crippen LogP) is -4.12. The first-order valence-electron chi connectivity index (χ1n) is 49.2. The van der Waals surface area contributed by atoms with Gasteiger partial charge < -0.3 is 198 Å². The van der Waals surface area contributed by atoms with Crippen molar-refractivity contribution in [2.24, 2.45) is 68.0 Å². The summed E-state index contributed by atoms with van der Waals surface area (Å²) in [6.07, 6.45) is -61.5. The van der Waals surface area contributed by atoms with Gasteiger partial charge in [0.1, 0.15) is 158 Å². The van der Waals surface area contributed by atoms with E-state index >= 15 is 9.59 Å². The summed E-state index contributed by atoms with van der Waals surface area (Å²) in [5, 5.41) is 251. The van der Waals surface area contributed by atoms with Crippen LogP contribution in [0, 0.1) is 68.0 Å². The van der Waals surface area contributed by atoms with Crippen LogP contribution in [0.4, 0.5) is 0 Å². The third-order valence-corrected chi connectivity index (χ3v) is 34.1. The number of amides is 1. The average molecular weight is 1970 g/mol. The van der Waals surface area contributed by atoms with Gasteiger partial charge in [-0.2, -0.15) is 0 Å². The molecule has 12 fully saturated rings. The van der Waals surface area contributed by atoms with Crippen LogP contribution >= 0.6 is 0 Å². The lowest BCUT2D eigenvalue weighted by Gasteiger charge is -2.71. The van der Waals surface area contributed by atoms with Gasteiger partial charge in [0.25, 0.3) is 0 Å². The van der Waals surface area contributed by atoms with E-state index in [2.05, 4.69) is 32.2 Å². The van der Waals surface area contributed by atoms with Crippen LogP contribution in [0.2, 0.25) is 0 Å². The lowest BCUT2D eigenvalue weighted by Crippen LogP contribution is -2.71. The molecule has 0 spiro atoms. The van der Waals surface area contributed by atoms with Crippen LogP contribution in [0.5, 0.6) is 0 Å². The Hall–Kier alpha value is -3.46. The van der Waals surface area contributed by atoms with Gasteiger partial charge in [-0.05, 0) is 142 Å². The molecule has 16 unspecified atom stereocenters. The smallest absolute Gasteiger partial charge is 0.317 e. The van der Waals surface area contributed by atoms with E-state index in [0.29, 0.717) is 51.4 Å². The first kappa shape index (κ1) is 111. The Balaban J connectivity index is 0.791. The summed E-state index contributed by atoms with van der Waals surface area (Å²) in [4.78, 5) is 60.4. The predicted molar refractivity (Wildman–Crippen MR) is 466 cm³/mol. The van der Waals surface area contributed by atoms with Crippen molar-refractivity contribution < 1.29 is 207 Å². The quantitative estimate of drug-likeness (QED) is 0.0124. The van der Waals surface area contributed by atoms with Gasteiger partial charge >= 0.3 is 5.97 Å². The highest BCUT2D eigenvalue weighted by atomic mass is 16.8. The lowest BCUT2D eigenvalue weighted by molar-refractivity contribution is -0.384. The largest absolute Gasteiger partial charge is 0.432 e. The maximum atomic E-state index is 16.8. The molecule has 8 saturated heterocycles. The Morgan fingerprint density at radius 1 is 0.489 bits per heavy atom. The third-order valence-electron chi connectivity index (χ3n) is 34.1. The number of nitrogens with one attached hydrogen (secondary N) is 1. The van der Waals surface area contributed by atoms with Crippen molar-refractivity contribution in [2.45, 2.75) is 451 Å². The standard InChI is InChI=1S/C94H155NO42/c1-14-38(4)42(25-43(99)27-45(101)28-52(39(5)15-2)128-84-71(117)64(110)51(16-3)127-84)26-44(100)29-59(106)95-60-53(32-96)129-87(79(77(60)134-82-72(118)66(112)61(107)40(6)125-82)136-83-74(120)68(114)75(41(7)126-83)132-80-69(115)62(108)48(102)34-122-80)137-88(121)94-24-23-89(8,9)30-47(94)46-17-18-56-90(10)21-20-58(91(11,37-98)55(90)19-22-92(56,12)93(46,13)31-57(94)105)131-86-78(135-85-73(119)67(113)65(111)54(33-97)130-85)76(50(104)36-124-86)133-81-70(116)63(109)49(103)35-123-81/h17,37-42,44-45,47-58,60-87,96-97,100-105,107-120H,14-16,18-36H2,1-13H3,(H,95,106)/t38-,39-,40?,41?,42+,44+,45-,47?,48-,49-,50-,51+,52+,53?,54?,55-,56?,57?,58+,60+,61+,62?,63+,64?,65+,66+,67+,68?,69-,70?,71+,72?,73?,74+,75+,76+,77?,78?,79-,80+,81+,82+,83+,84+,85+,86+,87+,90?,91-,92+,93-,94-/m1/s1. The fourth-order valence-corrected chi connectivity index (χ4v) is 24.9. The second-order valence-corrected chi connectivity index (χ2v) is 43.3. The number of aldehydes is 1. The highest BCUT2D eigenvalue weighted by Crippen LogP contribution is 2.76. The average Bonchev–Trinajstić information content (AvgIpc) is 0.784. The second-order valence-electron chi connectivity index (χ2n) is 43.3. The number of Topliss-reactive ketones (excluding diaryl/α,β-unsaturated/α-hetero) is 1. The lowest BCUT2D eigenvalue weighted by atomic mass is 9.33. The van der Waals surface area contributed by atoms with Gasteiger partial charge in [0, 0.05) is 19.3 Å². The van der Waals surface area contributed by atoms with Crippen molar-refractivity contribution in [3.63, 3.8) is 0 Å². The molecule has 0 aromatic carbocycles. The Labute approximate surface area is 796 Å². The minimum Gasteiger partial charge on any atom is -0.432 e. The number of carbonyl (C=O) groups excluding carboxylic acids is 4. The number of esters is 1. The Kier molecular flexibility index (Phi) is 36.1. The summed E-state index contributed by atoms with van der Waals surface area (Å²) < 4.78 is 99.8. The van der Waals surface area contributed by atoms with Crippen molar-refractivity contribution in [2.75, 3.05) is 33.0 Å². The van der Waals surface area contributed by atoms with Gasteiger partial charge in [-0.3, -0.25) is 14.4 Å². The number of fused-ring (bicyclic) bond motifs is 7. The molecule has 0 radical (unpaired) electrons. The Morgan fingerprint density at radius 3 is 1.61 bits per heavy atom. The Morgan fingerprint density at radius 2 is 1.01 bits per heavy atom. The molecule has 13 aliphatic rings. The fourth-order valence-electron chi connectivity index (χ4n) is 24.9. The maximum absolute atomic E-state index is 16.8. The Bertz CT molecular complexity index is 3990. The molecule has 0 aromatic heterocycles. The van der Waals surface area contributed by atoms with Crippen molar-refractivity contribution in [3.05, 3.63) is 11.6 Å². The number of aliphatic hydroxyl groups excluding tert-OH is 22. The molecule has 52 atom stereocenters. The third kappa shape index (κ3) is 21.8. The molecular formula is C94H155NO42. The SMILES string of the molecule is CC[C@@H]1O[C@@H](O[C@@H](C[C@H](O)CC(=O)C[C@@H](C[C@H](O)CC(=O)N[C@H]2C(CO)O[C@@H](OC(=O)[C@]34CCC(C)(C)CC3C3=CCC5C6(C)CC[C@H](O[C@@H]7OC[C@@H](O)[C@H](O[C@@H]8OC[C@@H](O)[C@H](O)C8O)C7O[C@@H]7OC(CO)[C@H](O)[C@H](O)C7O)[C@](C)(C=O)[C@@H]6CC[C@]5(C)[C@]3(C)CC4O)[C@H](O[C@@H]3OC(C)[C@H](O[C@@H]4OC[C@@H](O)C(O)[C@H]4O)C(O)[C@@H]3O)C2O[C@@H]2OC(C)[C@H](O)[C@H](O)C2O)[C@H](C)CC)[C@H](C)CC)[C@@H](O)C1O. The highest BCUT2D eigenvalue weighted by molar-refractivity contribution is 5.80. The van der Waals surface area contributed by atoms with Crippen molar-refractivity contribution in [1.82, 2.24) is 5.32 Å². The number of aliphatic hydroxyl groups is 22. The molecule has 23 N–H and O–H groups in total. The molecule has 1 amide bonds. The molecule has 8 heterocycles. The molecule has 43 nitrogen and oxygen atoms in total. The minimum atomic E-state index is -2.23.